The third-order valence-corrected chi connectivity index (χ3v) is 12.0. The van der Waals surface area contributed by atoms with E-state index in [0.717, 1.165) is 49.2 Å². The summed E-state index contributed by atoms with van der Waals surface area (Å²) in [6.07, 6.45) is 5.13. The second kappa shape index (κ2) is 12.6. The van der Waals surface area contributed by atoms with E-state index in [-0.39, 0.29) is 31.2 Å². The zero-order valence-electron chi connectivity index (χ0n) is 31.1. The largest absolute Gasteiger partial charge is 0.374 e. The number of ether oxygens (including phenoxy) is 2. The number of amides is 4. The van der Waals surface area contributed by atoms with Gasteiger partial charge in [0.15, 0.2) is 11.4 Å². The Balaban J connectivity index is 1.07. The number of carbonyl (C=O) groups is 4. The summed E-state index contributed by atoms with van der Waals surface area (Å²) < 4.78 is 18.0. The number of nitrogens with one attached hydrogen (secondary N) is 3. The number of nitrogens with zero attached hydrogens (tertiary/aromatic N) is 5. The van der Waals surface area contributed by atoms with Crippen molar-refractivity contribution >= 4 is 67.2 Å². The molecule has 4 aliphatic heterocycles. The van der Waals surface area contributed by atoms with Crippen molar-refractivity contribution in [2.75, 3.05) is 20.7 Å². The Labute approximate surface area is 316 Å². The van der Waals surface area contributed by atoms with E-state index < -0.39 is 47.6 Å². The molecule has 2 bridgehead atoms. The molecule has 4 aliphatic rings. The van der Waals surface area contributed by atoms with E-state index in [2.05, 4.69) is 65.5 Å². The van der Waals surface area contributed by atoms with E-state index in [4.69, 9.17) is 15.9 Å². The Kier molecular flexibility index (Phi) is 8.03. The molecule has 0 unspecified atom stereocenters. The van der Waals surface area contributed by atoms with Crippen molar-refractivity contribution in [1.29, 1.82) is 0 Å². The molecule has 0 aliphatic carbocycles. The smallest absolute Gasteiger partial charge is 0.252 e. The highest BCUT2D eigenvalue weighted by molar-refractivity contribution is 6.31. The Morgan fingerprint density at radius 3 is 2.49 bits per heavy atom. The van der Waals surface area contributed by atoms with Crippen molar-refractivity contribution in [2.24, 2.45) is 10.2 Å². The molecule has 0 radical (unpaired) electrons. The third kappa shape index (κ3) is 5.24. The number of benzene rings is 3. The van der Waals surface area contributed by atoms with Crippen LogP contribution in [0.3, 0.4) is 0 Å². The maximum atomic E-state index is 14.1. The van der Waals surface area contributed by atoms with E-state index in [1.807, 2.05) is 38.1 Å². The number of likely N-dealkylation sites (N-methyl/N-ethyl adjacent to an activating group) is 1. The first-order valence-corrected chi connectivity index (χ1v) is 18.7. The first-order valence-electron chi connectivity index (χ1n) is 18.7. The van der Waals surface area contributed by atoms with Gasteiger partial charge in [0, 0.05) is 61.5 Å². The molecule has 9 rings (SSSR count). The van der Waals surface area contributed by atoms with Crippen molar-refractivity contribution in [3.8, 4) is 12.3 Å². The molecule has 2 aromatic heterocycles. The number of para-hydroxylation sites is 2. The van der Waals surface area contributed by atoms with E-state index in [1.54, 1.807) is 19.1 Å². The molecule has 55 heavy (non-hydrogen) atoms. The summed E-state index contributed by atoms with van der Waals surface area (Å²) in [6.45, 7) is 4.32. The first kappa shape index (κ1) is 35.0. The highest BCUT2D eigenvalue weighted by atomic mass is 16.6. The number of terminal acetylenes is 1. The molecule has 282 valence electrons. The molecule has 5 aromatic rings. The fourth-order valence-corrected chi connectivity index (χ4v) is 9.37. The standard InChI is InChI=1S/C41H42N8O6/c1-6-19-42-38(52)25(17-18-40(2)45-46-40)44-29(50)15-16-30(51)47(4)28-20-31-48-26-13-9-7-11-22(26)33-34-24(21-43-39(34)53)32-23-12-8-10-14-27(23)49(36(32)35(33)48)41(3,55-31)37(28)54-5/h1,7-14,25,28,31,37H,15-21H2,2-5H3,(H,42,52)(H,43,53)(H,44,50)/t25-,28+,31+,37+,41-/m0/s1. The quantitative estimate of drug-likeness (QED) is 0.168. The minimum absolute atomic E-state index is 0.0313. The van der Waals surface area contributed by atoms with Crippen LogP contribution in [-0.4, -0.2) is 82.2 Å². The third-order valence-electron chi connectivity index (χ3n) is 12.0. The highest BCUT2D eigenvalue weighted by Gasteiger charge is 2.55. The summed E-state index contributed by atoms with van der Waals surface area (Å²) in [6, 6.07) is 14.9. The van der Waals surface area contributed by atoms with E-state index >= 15 is 0 Å². The monoisotopic (exact) mass is 742 g/mol. The number of fused-ring (bicyclic) bond motifs is 13. The maximum absolute atomic E-state index is 14.1. The van der Waals surface area contributed by atoms with Crippen LogP contribution in [0.1, 0.15) is 68.1 Å². The Morgan fingerprint density at radius 1 is 1.07 bits per heavy atom. The van der Waals surface area contributed by atoms with Gasteiger partial charge >= 0.3 is 0 Å². The van der Waals surface area contributed by atoms with Crippen molar-refractivity contribution in [2.45, 2.75) is 88.3 Å². The van der Waals surface area contributed by atoms with Gasteiger partial charge in [-0.15, -0.1) is 6.42 Å². The molecule has 6 heterocycles. The van der Waals surface area contributed by atoms with E-state index in [9.17, 15) is 19.2 Å². The second-order valence-corrected chi connectivity index (χ2v) is 15.3. The number of hydrogen-bond acceptors (Lipinski definition) is 8. The van der Waals surface area contributed by atoms with Crippen LogP contribution in [0.2, 0.25) is 0 Å². The van der Waals surface area contributed by atoms with Crippen LogP contribution in [0, 0.1) is 12.3 Å². The lowest BCUT2D eigenvalue weighted by atomic mass is 9.91. The Morgan fingerprint density at radius 2 is 1.78 bits per heavy atom. The van der Waals surface area contributed by atoms with Crippen molar-refractivity contribution in [1.82, 2.24) is 30.0 Å². The molecule has 1 fully saturated rings. The lowest BCUT2D eigenvalue weighted by Crippen LogP contribution is -2.61. The Bertz CT molecular complexity index is 2560. The number of carbonyl (C=O) groups excluding carboxylic acids is 4. The number of rotatable bonds is 11. The second-order valence-electron chi connectivity index (χ2n) is 15.3. The molecule has 1 saturated heterocycles. The van der Waals surface area contributed by atoms with Crippen molar-refractivity contribution < 1.29 is 28.7 Å². The molecule has 3 N–H and O–H groups in total. The van der Waals surface area contributed by atoms with Crippen LogP contribution in [-0.2, 0) is 36.1 Å². The molecule has 3 aromatic carbocycles. The predicted octanol–water partition coefficient (Wildman–Crippen LogP) is 4.57. The highest BCUT2D eigenvalue weighted by Crippen LogP contribution is 2.54. The van der Waals surface area contributed by atoms with Gasteiger partial charge in [-0.05, 0) is 44.4 Å². The summed E-state index contributed by atoms with van der Waals surface area (Å²) in [4.78, 5) is 55.6. The first-order chi connectivity index (χ1) is 26.5. The van der Waals surface area contributed by atoms with Gasteiger partial charge in [0.1, 0.15) is 18.4 Å². The summed E-state index contributed by atoms with van der Waals surface area (Å²) in [7, 11) is 3.38. The molecule has 0 spiro atoms. The van der Waals surface area contributed by atoms with Gasteiger partial charge in [0.25, 0.3) is 5.91 Å². The summed E-state index contributed by atoms with van der Waals surface area (Å²) in [5.41, 5.74) is 3.73. The lowest BCUT2D eigenvalue weighted by Gasteiger charge is -2.50. The molecule has 4 amide bonds. The molecule has 14 heteroatoms. The van der Waals surface area contributed by atoms with Crippen LogP contribution < -0.4 is 16.0 Å². The summed E-state index contributed by atoms with van der Waals surface area (Å²) >= 11 is 0. The maximum Gasteiger partial charge on any atom is 0.252 e. The minimum Gasteiger partial charge on any atom is -0.374 e. The van der Waals surface area contributed by atoms with Crippen LogP contribution in [0.15, 0.2) is 58.8 Å². The fraction of sp³-hybridized carbons (Fsp3) is 0.415. The van der Waals surface area contributed by atoms with Gasteiger partial charge in [-0.2, -0.15) is 10.2 Å². The van der Waals surface area contributed by atoms with Gasteiger partial charge in [-0.1, -0.05) is 42.3 Å². The van der Waals surface area contributed by atoms with Crippen LogP contribution >= 0.6 is 0 Å². The lowest BCUT2D eigenvalue weighted by molar-refractivity contribution is -0.266. The average Bonchev–Trinajstić information content (AvgIpc) is 3.49. The van der Waals surface area contributed by atoms with Crippen LogP contribution in [0.25, 0.3) is 43.6 Å². The van der Waals surface area contributed by atoms with Gasteiger partial charge in [0.05, 0.1) is 40.2 Å². The predicted molar refractivity (Wildman–Crippen MR) is 205 cm³/mol. The van der Waals surface area contributed by atoms with Crippen LogP contribution in [0.4, 0.5) is 0 Å². The number of hydrogen-bond donors (Lipinski definition) is 3. The van der Waals surface area contributed by atoms with E-state index in [1.165, 1.54) is 0 Å². The fourth-order valence-electron chi connectivity index (χ4n) is 9.37. The zero-order chi connectivity index (χ0) is 38.4. The number of methoxy groups -OCH3 is 1. The SMILES string of the molecule is C#CCNC(=O)[C@H](CCC1(C)N=N1)NC(=O)CCC(=O)N(C)[C@@H]1C[C@H]2O[C@@](C)([C@@H]1OC)n1c3ccccc3c3c4c(c5c6ccccc6n2c5c31)C(=O)NC4. The van der Waals surface area contributed by atoms with Gasteiger partial charge in [0.2, 0.25) is 17.7 Å². The van der Waals surface area contributed by atoms with Gasteiger partial charge in [-0.25, -0.2) is 0 Å². The molecular formula is C41H42N8O6. The number of aromatic nitrogens is 2. The van der Waals surface area contributed by atoms with E-state index in [0.29, 0.717) is 31.4 Å². The average molecular weight is 743 g/mol. The molecule has 0 saturated carbocycles. The van der Waals surface area contributed by atoms with Gasteiger partial charge < -0.3 is 39.5 Å². The Hall–Kier alpha value is -5.78. The van der Waals surface area contributed by atoms with Crippen LogP contribution in [0.5, 0.6) is 0 Å². The molecule has 14 nitrogen and oxygen atoms in total. The normalized spacial score (nSPS) is 23.4. The van der Waals surface area contributed by atoms with Gasteiger partial charge in [-0.3, -0.25) is 19.2 Å². The zero-order valence-corrected chi connectivity index (χ0v) is 31.1. The molecule has 5 atom stereocenters. The van der Waals surface area contributed by atoms with Crippen molar-refractivity contribution in [3.05, 3.63) is 59.7 Å². The topological polar surface area (TPSA) is 161 Å². The minimum atomic E-state index is -1.11. The van der Waals surface area contributed by atoms with Crippen molar-refractivity contribution in [3.63, 3.8) is 0 Å². The summed E-state index contributed by atoms with van der Waals surface area (Å²) in [5, 5.41) is 20.4. The molecular weight excluding hydrogens is 701 g/mol. The summed E-state index contributed by atoms with van der Waals surface area (Å²) in [5.74, 6) is 1.20.